The lowest BCUT2D eigenvalue weighted by Crippen LogP contribution is -2.40. The molecule has 7 nitrogen and oxygen atoms in total. The van der Waals surface area contributed by atoms with Crippen molar-refractivity contribution in [3.63, 3.8) is 0 Å². The van der Waals surface area contributed by atoms with Crippen LogP contribution in [0, 0.1) is 8.99 Å². The van der Waals surface area contributed by atoms with Crippen LogP contribution in [0.1, 0.15) is 38.2 Å². The van der Waals surface area contributed by atoms with E-state index in [1.165, 1.54) is 0 Å². The lowest BCUT2D eigenvalue weighted by atomic mass is 9.92. The molecular formula is C18H23IO7. The number of benzene rings is 1. The van der Waals surface area contributed by atoms with Gasteiger partial charge in [0.2, 0.25) is 0 Å². The van der Waals surface area contributed by atoms with Gasteiger partial charge in [0.15, 0.2) is 6.29 Å². The van der Waals surface area contributed by atoms with Gasteiger partial charge in [0.1, 0.15) is 12.4 Å². The molecule has 2 rings (SSSR count). The van der Waals surface area contributed by atoms with Crippen LogP contribution in [0.2, 0.25) is 0 Å². The van der Waals surface area contributed by atoms with E-state index in [1.807, 2.05) is 0 Å². The number of aliphatic carboxylic acids is 2. The molecule has 0 saturated carbocycles. The molecule has 0 aliphatic carbocycles. The van der Waals surface area contributed by atoms with Crippen molar-refractivity contribution in [3.8, 4) is 5.75 Å². The standard InChI is InChI=1S/C18H23IO7/c1-18(2)9-25-17(26-10-18)8-24-14-5-11(3-4-13(14)19)12(6-15(20)21)7-16(22)23/h3-5,12,17H,6-10H2,1-2H3,(H,20,21)(H,22,23). The topological polar surface area (TPSA) is 102 Å². The smallest absolute Gasteiger partial charge is 0.303 e. The number of carboxylic acids is 2. The maximum atomic E-state index is 11.0. The van der Waals surface area contributed by atoms with Crippen molar-refractivity contribution in [1.82, 2.24) is 0 Å². The molecule has 0 radical (unpaired) electrons. The van der Waals surface area contributed by atoms with Gasteiger partial charge in [-0.2, -0.15) is 0 Å². The molecule has 1 aromatic rings. The van der Waals surface area contributed by atoms with Crippen molar-refractivity contribution >= 4 is 34.5 Å². The second-order valence-corrected chi connectivity index (χ2v) is 8.27. The zero-order valence-electron chi connectivity index (χ0n) is 14.7. The summed E-state index contributed by atoms with van der Waals surface area (Å²) in [6.07, 6.45) is -0.969. The predicted octanol–water partition coefficient (Wildman–Crippen LogP) is 3.10. The van der Waals surface area contributed by atoms with E-state index in [2.05, 4.69) is 36.4 Å². The summed E-state index contributed by atoms with van der Waals surface area (Å²) in [6.45, 7) is 5.48. The van der Waals surface area contributed by atoms with E-state index in [-0.39, 0.29) is 24.9 Å². The van der Waals surface area contributed by atoms with Crippen LogP contribution in [-0.2, 0) is 19.1 Å². The maximum absolute atomic E-state index is 11.0. The SMILES string of the molecule is CC1(C)COC(COc2cc(C(CC(=O)O)CC(=O)O)ccc2I)OC1. The molecule has 8 heteroatoms. The lowest BCUT2D eigenvalue weighted by Gasteiger charge is -2.34. The first-order chi connectivity index (χ1) is 12.2. The minimum Gasteiger partial charge on any atom is -0.487 e. The molecule has 1 aliphatic heterocycles. The summed E-state index contributed by atoms with van der Waals surface area (Å²) in [5.74, 6) is -2.14. The maximum Gasteiger partial charge on any atom is 0.303 e. The predicted molar refractivity (Wildman–Crippen MR) is 101 cm³/mol. The van der Waals surface area contributed by atoms with E-state index in [0.717, 1.165) is 3.57 Å². The fourth-order valence-electron chi connectivity index (χ4n) is 2.59. The minimum absolute atomic E-state index is 0.0221. The van der Waals surface area contributed by atoms with Crippen molar-refractivity contribution < 1.29 is 34.0 Å². The zero-order chi connectivity index (χ0) is 19.3. The summed E-state index contributed by atoms with van der Waals surface area (Å²) in [4.78, 5) is 22.1. The third kappa shape index (κ3) is 6.40. The van der Waals surface area contributed by atoms with Gasteiger partial charge in [-0.15, -0.1) is 0 Å². The summed E-state index contributed by atoms with van der Waals surface area (Å²) >= 11 is 2.11. The molecule has 0 unspecified atom stereocenters. The molecule has 144 valence electrons. The summed E-state index contributed by atoms with van der Waals surface area (Å²) in [5, 5.41) is 18.1. The van der Waals surface area contributed by atoms with Crippen LogP contribution in [0.25, 0.3) is 0 Å². The molecule has 1 heterocycles. The van der Waals surface area contributed by atoms with E-state index in [1.54, 1.807) is 18.2 Å². The highest BCUT2D eigenvalue weighted by Crippen LogP contribution is 2.31. The highest BCUT2D eigenvalue weighted by molar-refractivity contribution is 14.1. The van der Waals surface area contributed by atoms with Gasteiger partial charge in [-0.1, -0.05) is 19.9 Å². The zero-order valence-corrected chi connectivity index (χ0v) is 16.9. The van der Waals surface area contributed by atoms with Gasteiger partial charge >= 0.3 is 11.9 Å². The normalized spacial score (nSPS) is 17.2. The van der Waals surface area contributed by atoms with Gasteiger partial charge in [0.05, 0.1) is 29.6 Å². The lowest BCUT2D eigenvalue weighted by molar-refractivity contribution is -0.231. The number of hydrogen-bond donors (Lipinski definition) is 2. The van der Waals surface area contributed by atoms with Crippen LogP contribution < -0.4 is 4.74 Å². The molecule has 0 amide bonds. The monoisotopic (exact) mass is 478 g/mol. The van der Waals surface area contributed by atoms with Gasteiger partial charge in [0.25, 0.3) is 0 Å². The Kier molecular flexibility index (Phi) is 7.24. The quantitative estimate of drug-likeness (QED) is 0.554. The molecule has 2 N–H and O–H groups in total. The minimum atomic E-state index is -1.04. The van der Waals surface area contributed by atoms with E-state index < -0.39 is 24.1 Å². The van der Waals surface area contributed by atoms with Gasteiger partial charge in [0, 0.05) is 11.3 Å². The van der Waals surface area contributed by atoms with Crippen molar-refractivity contribution in [3.05, 3.63) is 27.3 Å². The Morgan fingerprint density at radius 1 is 1.23 bits per heavy atom. The van der Waals surface area contributed by atoms with Crippen molar-refractivity contribution in [2.24, 2.45) is 5.41 Å². The fraction of sp³-hybridized carbons (Fsp3) is 0.556. The van der Waals surface area contributed by atoms with Gasteiger partial charge in [-0.3, -0.25) is 9.59 Å². The molecule has 1 aromatic carbocycles. The summed E-state index contributed by atoms with van der Waals surface area (Å²) in [6, 6.07) is 5.22. The number of carboxylic acid groups (broad SMARTS) is 2. The Hall–Kier alpha value is -1.39. The van der Waals surface area contributed by atoms with E-state index in [4.69, 9.17) is 24.4 Å². The van der Waals surface area contributed by atoms with Crippen LogP contribution in [0.5, 0.6) is 5.75 Å². The molecule has 0 bridgehead atoms. The van der Waals surface area contributed by atoms with Crippen molar-refractivity contribution in [2.45, 2.75) is 38.9 Å². The van der Waals surface area contributed by atoms with Gasteiger partial charge in [-0.05, 0) is 40.3 Å². The van der Waals surface area contributed by atoms with E-state index in [0.29, 0.717) is 24.5 Å². The largest absolute Gasteiger partial charge is 0.487 e. The van der Waals surface area contributed by atoms with Crippen molar-refractivity contribution in [1.29, 1.82) is 0 Å². The first-order valence-electron chi connectivity index (χ1n) is 8.25. The highest BCUT2D eigenvalue weighted by atomic mass is 127. The number of ether oxygens (including phenoxy) is 3. The number of hydrogen-bond acceptors (Lipinski definition) is 5. The average Bonchev–Trinajstić information content (AvgIpc) is 2.53. The summed E-state index contributed by atoms with van der Waals surface area (Å²) in [5.41, 5.74) is 0.600. The van der Waals surface area contributed by atoms with Crippen LogP contribution in [-0.4, -0.2) is 48.3 Å². The van der Waals surface area contributed by atoms with Crippen LogP contribution in [0.4, 0.5) is 0 Å². The number of carbonyl (C=O) groups is 2. The molecule has 0 spiro atoms. The van der Waals surface area contributed by atoms with Gasteiger partial charge < -0.3 is 24.4 Å². The molecular weight excluding hydrogens is 455 g/mol. The van der Waals surface area contributed by atoms with Crippen LogP contribution >= 0.6 is 22.6 Å². The van der Waals surface area contributed by atoms with Crippen LogP contribution in [0.3, 0.4) is 0 Å². The summed E-state index contributed by atoms with van der Waals surface area (Å²) in [7, 11) is 0. The third-order valence-electron chi connectivity index (χ3n) is 3.96. The Morgan fingerprint density at radius 3 is 2.35 bits per heavy atom. The molecule has 1 aliphatic rings. The van der Waals surface area contributed by atoms with Crippen LogP contribution in [0.15, 0.2) is 18.2 Å². The fourth-order valence-corrected chi connectivity index (χ4v) is 3.09. The highest BCUT2D eigenvalue weighted by Gasteiger charge is 2.29. The summed E-state index contributed by atoms with van der Waals surface area (Å²) < 4.78 is 17.9. The third-order valence-corrected chi connectivity index (χ3v) is 4.85. The van der Waals surface area contributed by atoms with Crippen molar-refractivity contribution in [2.75, 3.05) is 19.8 Å². The Labute approximate surface area is 165 Å². The Morgan fingerprint density at radius 2 is 1.81 bits per heavy atom. The second kappa shape index (κ2) is 9.01. The van der Waals surface area contributed by atoms with E-state index in [9.17, 15) is 9.59 Å². The molecule has 0 atom stereocenters. The molecule has 26 heavy (non-hydrogen) atoms. The Bertz CT molecular complexity index is 633. The molecule has 1 saturated heterocycles. The number of rotatable bonds is 8. The first kappa shape index (κ1) is 20.9. The van der Waals surface area contributed by atoms with Gasteiger partial charge in [-0.25, -0.2) is 0 Å². The second-order valence-electron chi connectivity index (χ2n) is 7.11. The first-order valence-corrected chi connectivity index (χ1v) is 9.33. The molecule has 0 aromatic heterocycles. The average molecular weight is 478 g/mol. The van der Waals surface area contributed by atoms with E-state index >= 15 is 0 Å². The number of halogens is 1. The Balaban J connectivity index is 2.05. The molecule has 1 fully saturated rings.